The van der Waals surface area contributed by atoms with E-state index in [0.717, 1.165) is 19.5 Å². The normalized spacial score (nSPS) is 17.4. The summed E-state index contributed by atoms with van der Waals surface area (Å²) in [7, 11) is 0. The van der Waals surface area contributed by atoms with Crippen LogP contribution in [0, 0.1) is 10.1 Å². The van der Waals surface area contributed by atoms with Crippen molar-refractivity contribution in [3.05, 3.63) is 52.3 Å². The van der Waals surface area contributed by atoms with Crippen LogP contribution < -0.4 is 5.32 Å². The first-order chi connectivity index (χ1) is 13.6. The van der Waals surface area contributed by atoms with Crippen LogP contribution in [0.25, 0.3) is 5.69 Å². The first kappa shape index (κ1) is 20.0. The Labute approximate surface area is 164 Å². The first-order valence-corrected chi connectivity index (χ1v) is 9.90. The third kappa shape index (κ3) is 4.95. The summed E-state index contributed by atoms with van der Waals surface area (Å²) in [5.74, 6) is -0.144. The third-order valence-electron chi connectivity index (χ3n) is 5.22. The number of non-ortho nitro benzene ring substituents is 1. The van der Waals surface area contributed by atoms with Crippen molar-refractivity contribution >= 4 is 11.6 Å². The smallest absolute Gasteiger partial charge is 0.269 e. The van der Waals surface area contributed by atoms with Crippen molar-refractivity contribution in [2.75, 3.05) is 19.6 Å². The van der Waals surface area contributed by atoms with Gasteiger partial charge in [0.2, 0.25) is 0 Å². The lowest BCUT2D eigenvalue weighted by atomic mass is 10.0. The number of unbranched alkanes of at least 4 members (excludes halogenated alkanes) is 1. The van der Waals surface area contributed by atoms with Gasteiger partial charge in [-0.05, 0) is 44.5 Å². The van der Waals surface area contributed by atoms with E-state index in [1.165, 1.54) is 44.0 Å². The maximum atomic E-state index is 12.5. The molecule has 1 aliphatic heterocycles. The quantitative estimate of drug-likeness (QED) is 0.556. The van der Waals surface area contributed by atoms with Gasteiger partial charge >= 0.3 is 0 Å². The molecule has 1 aromatic carbocycles. The molecule has 1 aliphatic rings. The summed E-state index contributed by atoms with van der Waals surface area (Å²) in [6.45, 7) is 5.04. The van der Waals surface area contributed by atoms with Crippen LogP contribution in [0.1, 0.15) is 49.4 Å². The fourth-order valence-electron chi connectivity index (χ4n) is 3.57. The predicted octanol–water partition coefficient (Wildman–Crippen LogP) is 3.16. The molecule has 0 radical (unpaired) electrons. The van der Waals surface area contributed by atoms with E-state index in [9.17, 15) is 14.9 Å². The van der Waals surface area contributed by atoms with Gasteiger partial charge < -0.3 is 5.32 Å². The second-order valence-corrected chi connectivity index (χ2v) is 7.20. The van der Waals surface area contributed by atoms with Crippen molar-refractivity contribution in [3.63, 3.8) is 0 Å². The highest BCUT2D eigenvalue weighted by atomic mass is 16.6. The van der Waals surface area contributed by atoms with E-state index in [1.807, 2.05) is 0 Å². The maximum Gasteiger partial charge on any atom is 0.269 e. The number of piperidine rings is 1. The first-order valence-electron chi connectivity index (χ1n) is 9.90. The van der Waals surface area contributed by atoms with Gasteiger partial charge in [-0.1, -0.05) is 19.8 Å². The average molecular weight is 385 g/mol. The standard InChI is InChI=1S/C20H27N5O3/c1-2-3-11-23-12-5-4-6-19(23)14-21-20(26)16-13-22-24(15-16)17-7-9-18(10-8-17)25(27)28/h7-10,13,15,19H,2-6,11-12,14H2,1H3,(H,21,26). The molecular weight excluding hydrogens is 358 g/mol. The Morgan fingerprint density at radius 3 is 2.82 bits per heavy atom. The van der Waals surface area contributed by atoms with Gasteiger partial charge in [-0.15, -0.1) is 0 Å². The summed E-state index contributed by atoms with van der Waals surface area (Å²) in [5.41, 5.74) is 1.17. The lowest BCUT2D eigenvalue weighted by Crippen LogP contribution is -2.46. The Balaban J connectivity index is 1.58. The number of nitrogens with zero attached hydrogens (tertiary/aromatic N) is 4. The van der Waals surface area contributed by atoms with Crippen LogP contribution in [0.2, 0.25) is 0 Å². The number of nitro benzene ring substituents is 1. The Bertz CT molecular complexity index is 802. The highest BCUT2D eigenvalue weighted by Gasteiger charge is 2.22. The number of aromatic nitrogens is 2. The van der Waals surface area contributed by atoms with E-state index < -0.39 is 4.92 Å². The summed E-state index contributed by atoms with van der Waals surface area (Å²) in [6, 6.07) is 6.46. The number of amides is 1. The van der Waals surface area contributed by atoms with Gasteiger partial charge in [0.15, 0.2) is 0 Å². The van der Waals surface area contributed by atoms with Crippen LogP contribution in [0.4, 0.5) is 5.69 Å². The number of benzene rings is 1. The van der Waals surface area contributed by atoms with Gasteiger partial charge in [-0.25, -0.2) is 4.68 Å². The van der Waals surface area contributed by atoms with Crippen LogP contribution in [-0.4, -0.2) is 51.2 Å². The summed E-state index contributed by atoms with van der Waals surface area (Å²) in [4.78, 5) is 25.3. The van der Waals surface area contributed by atoms with Crippen molar-refractivity contribution in [1.82, 2.24) is 20.0 Å². The second kappa shape index (κ2) is 9.45. The number of rotatable bonds is 8. The molecule has 0 bridgehead atoms. The molecule has 1 atom stereocenters. The van der Waals surface area contributed by atoms with Crippen LogP contribution in [0.15, 0.2) is 36.7 Å². The molecule has 3 rings (SSSR count). The van der Waals surface area contributed by atoms with E-state index in [1.54, 1.807) is 23.0 Å². The molecule has 1 amide bonds. The van der Waals surface area contributed by atoms with Crippen molar-refractivity contribution < 1.29 is 9.72 Å². The third-order valence-corrected chi connectivity index (χ3v) is 5.22. The fraction of sp³-hybridized carbons (Fsp3) is 0.500. The molecule has 0 saturated carbocycles. The van der Waals surface area contributed by atoms with Crippen molar-refractivity contribution in [2.45, 2.75) is 45.1 Å². The SMILES string of the molecule is CCCCN1CCCCC1CNC(=O)c1cnn(-c2ccc([N+](=O)[O-])cc2)c1. The van der Waals surface area contributed by atoms with Gasteiger partial charge in [0, 0.05) is 30.9 Å². The summed E-state index contributed by atoms with van der Waals surface area (Å²) in [5, 5.41) is 18.0. The minimum atomic E-state index is -0.444. The fourth-order valence-corrected chi connectivity index (χ4v) is 3.57. The molecule has 1 N–H and O–H groups in total. The second-order valence-electron chi connectivity index (χ2n) is 7.20. The molecule has 2 aromatic rings. The van der Waals surface area contributed by atoms with E-state index in [0.29, 0.717) is 23.8 Å². The molecule has 0 aliphatic carbocycles. The molecule has 2 heterocycles. The van der Waals surface area contributed by atoms with Crippen LogP contribution in [-0.2, 0) is 0 Å². The molecule has 1 aromatic heterocycles. The van der Waals surface area contributed by atoms with Crippen molar-refractivity contribution in [1.29, 1.82) is 0 Å². The molecule has 28 heavy (non-hydrogen) atoms. The van der Waals surface area contributed by atoms with Gasteiger partial charge in [0.1, 0.15) is 0 Å². The monoisotopic (exact) mass is 385 g/mol. The number of carbonyl (C=O) groups excluding carboxylic acids is 1. The largest absolute Gasteiger partial charge is 0.350 e. The highest BCUT2D eigenvalue weighted by molar-refractivity contribution is 5.93. The van der Waals surface area contributed by atoms with Crippen LogP contribution >= 0.6 is 0 Å². The molecule has 8 heteroatoms. The lowest BCUT2D eigenvalue weighted by molar-refractivity contribution is -0.384. The molecule has 0 spiro atoms. The average Bonchev–Trinajstić information content (AvgIpc) is 3.21. The Hall–Kier alpha value is -2.74. The molecule has 1 saturated heterocycles. The molecule has 8 nitrogen and oxygen atoms in total. The summed E-state index contributed by atoms with van der Waals surface area (Å²) in [6.07, 6.45) is 9.09. The minimum absolute atomic E-state index is 0.0222. The zero-order valence-corrected chi connectivity index (χ0v) is 16.2. The van der Waals surface area contributed by atoms with Gasteiger partial charge in [-0.2, -0.15) is 5.10 Å². The molecule has 1 unspecified atom stereocenters. The summed E-state index contributed by atoms with van der Waals surface area (Å²) >= 11 is 0. The van der Waals surface area contributed by atoms with Gasteiger partial charge in [-0.3, -0.25) is 19.8 Å². The van der Waals surface area contributed by atoms with Gasteiger partial charge in [0.25, 0.3) is 11.6 Å². The number of hydrogen-bond donors (Lipinski definition) is 1. The Morgan fingerprint density at radius 2 is 2.11 bits per heavy atom. The predicted molar refractivity (Wildman–Crippen MR) is 107 cm³/mol. The number of carbonyl (C=O) groups is 1. The zero-order chi connectivity index (χ0) is 19.9. The van der Waals surface area contributed by atoms with E-state index in [2.05, 4.69) is 22.2 Å². The minimum Gasteiger partial charge on any atom is -0.350 e. The topological polar surface area (TPSA) is 93.3 Å². The van der Waals surface area contributed by atoms with Crippen molar-refractivity contribution in [3.8, 4) is 5.69 Å². The van der Waals surface area contributed by atoms with E-state index >= 15 is 0 Å². The molecule has 1 fully saturated rings. The number of hydrogen-bond acceptors (Lipinski definition) is 5. The molecule has 150 valence electrons. The van der Waals surface area contributed by atoms with E-state index in [4.69, 9.17) is 0 Å². The Kier molecular flexibility index (Phi) is 6.76. The number of nitrogens with one attached hydrogen (secondary N) is 1. The van der Waals surface area contributed by atoms with Crippen molar-refractivity contribution in [2.24, 2.45) is 0 Å². The lowest BCUT2D eigenvalue weighted by Gasteiger charge is -2.35. The molecular formula is C20H27N5O3. The number of likely N-dealkylation sites (tertiary alicyclic amines) is 1. The van der Waals surface area contributed by atoms with Crippen LogP contribution in [0.5, 0.6) is 0 Å². The maximum absolute atomic E-state index is 12.5. The summed E-state index contributed by atoms with van der Waals surface area (Å²) < 4.78 is 1.55. The Morgan fingerprint density at radius 1 is 1.32 bits per heavy atom. The van der Waals surface area contributed by atoms with Crippen LogP contribution in [0.3, 0.4) is 0 Å². The highest BCUT2D eigenvalue weighted by Crippen LogP contribution is 2.18. The number of nitro groups is 1. The zero-order valence-electron chi connectivity index (χ0n) is 16.2. The van der Waals surface area contributed by atoms with Gasteiger partial charge in [0.05, 0.1) is 22.4 Å². The van der Waals surface area contributed by atoms with E-state index in [-0.39, 0.29) is 11.6 Å².